The SMILES string of the molecule is COc1cccc(Oc2ccccc2CNc2ccccc2/C=C/C(=O)NO)c1. The molecule has 0 bridgehead atoms. The van der Waals surface area contributed by atoms with E-state index in [4.69, 9.17) is 14.7 Å². The van der Waals surface area contributed by atoms with Gasteiger partial charge >= 0.3 is 0 Å². The first-order chi connectivity index (χ1) is 14.2. The number of ether oxygens (including phenoxy) is 2. The third-order valence-electron chi connectivity index (χ3n) is 4.20. The molecule has 0 heterocycles. The van der Waals surface area contributed by atoms with E-state index < -0.39 is 5.91 Å². The third kappa shape index (κ3) is 5.60. The Morgan fingerprint density at radius 3 is 2.59 bits per heavy atom. The van der Waals surface area contributed by atoms with E-state index in [2.05, 4.69) is 5.32 Å². The van der Waals surface area contributed by atoms with Crippen LogP contribution in [-0.4, -0.2) is 18.2 Å². The van der Waals surface area contributed by atoms with Crippen LogP contribution in [0.1, 0.15) is 11.1 Å². The minimum atomic E-state index is -0.586. The van der Waals surface area contributed by atoms with Gasteiger partial charge in [-0.15, -0.1) is 0 Å². The second-order valence-corrected chi connectivity index (χ2v) is 6.14. The zero-order valence-corrected chi connectivity index (χ0v) is 16.0. The number of amides is 1. The molecule has 148 valence electrons. The molecule has 0 saturated heterocycles. The van der Waals surface area contributed by atoms with Crippen molar-refractivity contribution < 1.29 is 19.5 Å². The summed E-state index contributed by atoms with van der Waals surface area (Å²) in [6.07, 6.45) is 2.90. The fourth-order valence-corrected chi connectivity index (χ4v) is 2.74. The largest absolute Gasteiger partial charge is 0.497 e. The van der Waals surface area contributed by atoms with Gasteiger partial charge in [0.05, 0.1) is 7.11 Å². The fourth-order valence-electron chi connectivity index (χ4n) is 2.74. The van der Waals surface area contributed by atoms with E-state index in [9.17, 15) is 4.79 Å². The van der Waals surface area contributed by atoms with Gasteiger partial charge < -0.3 is 14.8 Å². The summed E-state index contributed by atoms with van der Waals surface area (Å²) in [4.78, 5) is 11.2. The summed E-state index contributed by atoms with van der Waals surface area (Å²) < 4.78 is 11.3. The average molecular weight is 390 g/mol. The van der Waals surface area contributed by atoms with Crippen LogP contribution in [0.5, 0.6) is 17.2 Å². The number of hydrogen-bond acceptors (Lipinski definition) is 5. The summed E-state index contributed by atoms with van der Waals surface area (Å²) >= 11 is 0. The molecule has 3 N–H and O–H groups in total. The van der Waals surface area contributed by atoms with Crippen LogP contribution in [0.25, 0.3) is 6.08 Å². The molecule has 3 aromatic rings. The molecule has 6 heteroatoms. The predicted molar refractivity (Wildman–Crippen MR) is 112 cm³/mol. The van der Waals surface area contributed by atoms with Crippen molar-refractivity contribution in [3.8, 4) is 17.2 Å². The maximum absolute atomic E-state index is 11.2. The topological polar surface area (TPSA) is 79.8 Å². The zero-order chi connectivity index (χ0) is 20.5. The molecule has 0 atom stereocenters. The second kappa shape index (κ2) is 9.96. The van der Waals surface area contributed by atoms with Gasteiger partial charge in [0.15, 0.2) is 0 Å². The van der Waals surface area contributed by atoms with Crippen LogP contribution < -0.4 is 20.3 Å². The maximum Gasteiger partial charge on any atom is 0.267 e. The van der Waals surface area contributed by atoms with Gasteiger partial charge in [-0.2, -0.15) is 0 Å². The van der Waals surface area contributed by atoms with Crippen molar-refractivity contribution in [2.24, 2.45) is 0 Å². The number of para-hydroxylation sites is 2. The number of methoxy groups -OCH3 is 1. The van der Waals surface area contributed by atoms with Crippen LogP contribution in [0.15, 0.2) is 78.9 Å². The second-order valence-electron chi connectivity index (χ2n) is 6.14. The minimum absolute atomic E-state index is 0.525. The lowest BCUT2D eigenvalue weighted by molar-refractivity contribution is -0.124. The van der Waals surface area contributed by atoms with Crippen molar-refractivity contribution in [3.63, 3.8) is 0 Å². The molecule has 0 fully saturated rings. The third-order valence-corrected chi connectivity index (χ3v) is 4.20. The zero-order valence-electron chi connectivity index (χ0n) is 16.0. The number of benzene rings is 3. The lowest BCUT2D eigenvalue weighted by Crippen LogP contribution is -2.14. The molecule has 0 aliphatic carbocycles. The Kier molecular flexibility index (Phi) is 6.86. The summed E-state index contributed by atoms with van der Waals surface area (Å²) in [5.74, 6) is 1.57. The molecule has 6 nitrogen and oxygen atoms in total. The molecule has 0 aliphatic heterocycles. The molecular weight excluding hydrogens is 368 g/mol. The van der Waals surface area contributed by atoms with Crippen LogP contribution in [0, 0.1) is 0 Å². The van der Waals surface area contributed by atoms with Gasteiger partial charge in [0, 0.05) is 29.9 Å². The Morgan fingerprint density at radius 1 is 1.00 bits per heavy atom. The van der Waals surface area contributed by atoms with Crippen molar-refractivity contribution in [1.29, 1.82) is 0 Å². The highest BCUT2D eigenvalue weighted by atomic mass is 16.5. The fraction of sp³-hybridized carbons (Fsp3) is 0.0870. The minimum Gasteiger partial charge on any atom is -0.497 e. The van der Waals surface area contributed by atoms with E-state index in [0.717, 1.165) is 28.3 Å². The number of nitrogens with one attached hydrogen (secondary N) is 2. The van der Waals surface area contributed by atoms with Gasteiger partial charge in [-0.05, 0) is 35.9 Å². The van der Waals surface area contributed by atoms with Crippen molar-refractivity contribution >= 4 is 17.7 Å². The maximum atomic E-state index is 11.2. The summed E-state index contributed by atoms with van der Waals surface area (Å²) in [5, 5.41) is 12.0. The van der Waals surface area contributed by atoms with E-state index in [-0.39, 0.29) is 0 Å². The van der Waals surface area contributed by atoms with Gasteiger partial charge in [0.1, 0.15) is 17.2 Å². The molecule has 0 aliphatic rings. The van der Waals surface area contributed by atoms with Crippen molar-refractivity contribution in [2.45, 2.75) is 6.54 Å². The van der Waals surface area contributed by atoms with E-state index >= 15 is 0 Å². The Morgan fingerprint density at radius 2 is 1.76 bits per heavy atom. The van der Waals surface area contributed by atoms with Gasteiger partial charge in [0.2, 0.25) is 0 Å². The Labute approximate surface area is 169 Å². The summed E-state index contributed by atoms with van der Waals surface area (Å²) in [6.45, 7) is 0.525. The molecule has 0 spiro atoms. The quantitative estimate of drug-likeness (QED) is 0.297. The van der Waals surface area contributed by atoms with E-state index in [0.29, 0.717) is 12.3 Å². The van der Waals surface area contributed by atoms with Crippen LogP contribution in [0.2, 0.25) is 0 Å². The van der Waals surface area contributed by atoms with Crippen LogP contribution >= 0.6 is 0 Å². The Hall–Kier alpha value is -3.77. The van der Waals surface area contributed by atoms with Crippen molar-refractivity contribution in [3.05, 3.63) is 90.0 Å². The monoisotopic (exact) mass is 390 g/mol. The molecule has 0 unspecified atom stereocenters. The molecule has 29 heavy (non-hydrogen) atoms. The van der Waals surface area contributed by atoms with Crippen molar-refractivity contribution in [2.75, 3.05) is 12.4 Å². The smallest absolute Gasteiger partial charge is 0.267 e. The molecule has 0 saturated carbocycles. The standard InChI is InChI=1S/C23H22N2O4/c1-28-19-9-6-10-20(15-19)29-22-12-5-3-8-18(22)16-24-21-11-4-2-7-17(21)13-14-23(26)25-27/h2-15,24,27H,16H2,1H3,(H,25,26)/b14-13+. The summed E-state index contributed by atoms with van der Waals surface area (Å²) in [6, 6.07) is 22.8. The van der Waals surface area contributed by atoms with Gasteiger partial charge in [-0.3, -0.25) is 10.0 Å². The Bertz CT molecular complexity index is 1000. The first-order valence-electron chi connectivity index (χ1n) is 9.04. The Balaban J connectivity index is 1.75. The molecule has 0 radical (unpaired) electrons. The molecular formula is C23H22N2O4. The van der Waals surface area contributed by atoms with Crippen LogP contribution in [0.3, 0.4) is 0 Å². The average Bonchev–Trinajstić information content (AvgIpc) is 2.77. The first-order valence-corrected chi connectivity index (χ1v) is 9.04. The van der Waals surface area contributed by atoms with E-state index in [1.807, 2.05) is 72.8 Å². The number of hydrogen-bond donors (Lipinski definition) is 3. The summed E-state index contributed by atoms with van der Waals surface area (Å²) in [7, 11) is 1.62. The molecule has 3 aromatic carbocycles. The predicted octanol–water partition coefficient (Wildman–Crippen LogP) is 4.62. The lowest BCUT2D eigenvalue weighted by atomic mass is 10.1. The van der Waals surface area contributed by atoms with Gasteiger partial charge in [-0.1, -0.05) is 42.5 Å². The summed E-state index contributed by atoms with van der Waals surface area (Å²) in [5.41, 5.74) is 4.23. The molecule has 3 rings (SSSR count). The number of rotatable bonds is 8. The van der Waals surface area contributed by atoms with Crippen molar-refractivity contribution in [1.82, 2.24) is 5.48 Å². The molecule has 0 aromatic heterocycles. The number of anilines is 1. The first kappa shape index (κ1) is 20.0. The number of carbonyl (C=O) groups is 1. The highest BCUT2D eigenvalue weighted by Gasteiger charge is 2.07. The van der Waals surface area contributed by atoms with Crippen LogP contribution in [0.4, 0.5) is 5.69 Å². The highest BCUT2D eigenvalue weighted by molar-refractivity contribution is 5.91. The number of carbonyl (C=O) groups excluding carboxylic acids is 1. The highest BCUT2D eigenvalue weighted by Crippen LogP contribution is 2.28. The van der Waals surface area contributed by atoms with Gasteiger partial charge in [0.25, 0.3) is 5.91 Å². The number of hydroxylamine groups is 1. The lowest BCUT2D eigenvalue weighted by Gasteiger charge is -2.14. The van der Waals surface area contributed by atoms with E-state index in [1.165, 1.54) is 6.08 Å². The van der Waals surface area contributed by atoms with Gasteiger partial charge in [-0.25, -0.2) is 5.48 Å². The van der Waals surface area contributed by atoms with E-state index in [1.54, 1.807) is 18.7 Å². The van der Waals surface area contributed by atoms with Crippen LogP contribution in [-0.2, 0) is 11.3 Å². The molecule has 1 amide bonds. The normalized spacial score (nSPS) is 10.6.